The van der Waals surface area contributed by atoms with E-state index in [-0.39, 0.29) is 6.61 Å². The molecule has 0 saturated carbocycles. The van der Waals surface area contributed by atoms with Gasteiger partial charge in [0.15, 0.2) is 0 Å². The minimum Gasteiger partial charge on any atom is -0.396 e. The molecule has 1 saturated heterocycles. The summed E-state index contributed by atoms with van der Waals surface area (Å²) >= 11 is 0. The first-order valence-corrected chi connectivity index (χ1v) is 6.21. The number of anilines is 1. The summed E-state index contributed by atoms with van der Waals surface area (Å²) in [5.41, 5.74) is 6.48. The Balaban J connectivity index is 1.90. The zero-order valence-electron chi connectivity index (χ0n) is 10.0. The number of hydrogen-bond acceptors (Lipinski definition) is 5. The average Bonchev–Trinajstić information content (AvgIpc) is 2.77. The molecule has 0 aromatic carbocycles. The van der Waals surface area contributed by atoms with Crippen LogP contribution in [0.15, 0.2) is 12.4 Å². The summed E-state index contributed by atoms with van der Waals surface area (Å²) in [6, 6.07) is 0.585. The van der Waals surface area contributed by atoms with E-state index in [0.717, 1.165) is 31.6 Å². The molecule has 1 aromatic rings. The zero-order valence-corrected chi connectivity index (χ0v) is 10.0. The fraction of sp³-hybridized carbons (Fsp3) is 0.667. The molecule has 5 nitrogen and oxygen atoms in total. The van der Waals surface area contributed by atoms with Crippen molar-refractivity contribution in [1.82, 2.24) is 14.9 Å². The topological polar surface area (TPSA) is 75.3 Å². The molecule has 1 aliphatic rings. The summed E-state index contributed by atoms with van der Waals surface area (Å²) in [7, 11) is 0. The van der Waals surface area contributed by atoms with Gasteiger partial charge in [-0.1, -0.05) is 0 Å². The molecule has 3 N–H and O–H groups in total. The van der Waals surface area contributed by atoms with Crippen LogP contribution in [0, 0.1) is 0 Å². The third-order valence-corrected chi connectivity index (χ3v) is 3.28. The van der Waals surface area contributed by atoms with Gasteiger partial charge in [-0.15, -0.1) is 0 Å². The Morgan fingerprint density at radius 3 is 3.00 bits per heavy atom. The molecule has 0 spiro atoms. The lowest BCUT2D eigenvalue weighted by Gasteiger charge is -2.23. The van der Waals surface area contributed by atoms with Crippen molar-refractivity contribution in [1.29, 1.82) is 0 Å². The van der Waals surface area contributed by atoms with Crippen molar-refractivity contribution in [2.24, 2.45) is 0 Å². The lowest BCUT2D eigenvalue weighted by molar-refractivity contribution is 0.208. The maximum absolute atomic E-state index is 8.88. The zero-order chi connectivity index (χ0) is 12.1. The smallest absolute Gasteiger partial charge is 0.141 e. The highest BCUT2D eigenvalue weighted by Gasteiger charge is 2.24. The number of likely N-dealkylation sites (tertiary alicyclic amines) is 1. The molecule has 2 heterocycles. The molecule has 1 atom stereocenters. The van der Waals surface area contributed by atoms with E-state index in [9.17, 15) is 0 Å². The van der Waals surface area contributed by atoms with Gasteiger partial charge in [0.05, 0.1) is 18.1 Å². The second-order valence-corrected chi connectivity index (χ2v) is 4.56. The van der Waals surface area contributed by atoms with Crippen molar-refractivity contribution in [2.45, 2.75) is 38.3 Å². The van der Waals surface area contributed by atoms with Crippen LogP contribution >= 0.6 is 0 Å². The van der Waals surface area contributed by atoms with Crippen molar-refractivity contribution in [3.05, 3.63) is 18.1 Å². The minimum absolute atomic E-state index is 0.284. The molecule has 0 bridgehead atoms. The van der Waals surface area contributed by atoms with Gasteiger partial charge < -0.3 is 10.8 Å². The number of rotatable bonds is 5. The molecule has 17 heavy (non-hydrogen) atoms. The highest BCUT2D eigenvalue weighted by molar-refractivity contribution is 5.22. The second-order valence-electron chi connectivity index (χ2n) is 4.56. The normalized spacial score (nSPS) is 20.9. The van der Waals surface area contributed by atoms with E-state index < -0.39 is 0 Å². The van der Waals surface area contributed by atoms with E-state index in [0.29, 0.717) is 11.9 Å². The summed E-state index contributed by atoms with van der Waals surface area (Å²) in [6.45, 7) is 2.23. The molecular formula is C12H20N4O. The lowest BCUT2D eigenvalue weighted by atomic mass is 10.1. The van der Waals surface area contributed by atoms with Gasteiger partial charge in [0.25, 0.3) is 0 Å². The fourth-order valence-corrected chi connectivity index (χ4v) is 2.41. The van der Waals surface area contributed by atoms with E-state index in [1.54, 1.807) is 12.4 Å². The Labute approximate surface area is 102 Å². The predicted molar refractivity (Wildman–Crippen MR) is 66.2 cm³/mol. The van der Waals surface area contributed by atoms with E-state index >= 15 is 0 Å². The van der Waals surface area contributed by atoms with E-state index in [2.05, 4.69) is 14.9 Å². The van der Waals surface area contributed by atoms with Gasteiger partial charge in [0, 0.05) is 19.2 Å². The highest BCUT2D eigenvalue weighted by Crippen LogP contribution is 2.22. The van der Waals surface area contributed by atoms with Gasteiger partial charge in [-0.3, -0.25) is 9.88 Å². The molecule has 0 amide bonds. The van der Waals surface area contributed by atoms with E-state index in [1.807, 2.05) is 0 Å². The van der Waals surface area contributed by atoms with Gasteiger partial charge in [-0.2, -0.15) is 0 Å². The van der Waals surface area contributed by atoms with Crippen molar-refractivity contribution in [2.75, 3.05) is 18.9 Å². The van der Waals surface area contributed by atoms with Crippen molar-refractivity contribution in [3.63, 3.8) is 0 Å². The van der Waals surface area contributed by atoms with E-state index in [4.69, 9.17) is 10.8 Å². The van der Waals surface area contributed by atoms with Gasteiger partial charge >= 0.3 is 0 Å². The van der Waals surface area contributed by atoms with Crippen LogP contribution in [0.1, 0.15) is 31.4 Å². The first kappa shape index (κ1) is 12.3. The Kier molecular flexibility index (Phi) is 4.28. The molecule has 1 aromatic heterocycles. The monoisotopic (exact) mass is 236 g/mol. The molecule has 94 valence electrons. The first-order valence-electron chi connectivity index (χ1n) is 6.21. The molecule has 0 radical (unpaired) electrons. The fourth-order valence-electron chi connectivity index (χ4n) is 2.41. The Morgan fingerprint density at radius 2 is 2.29 bits per heavy atom. The maximum Gasteiger partial charge on any atom is 0.141 e. The van der Waals surface area contributed by atoms with Crippen molar-refractivity contribution >= 4 is 5.82 Å². The Bertz CT molecular complexity index is 341. The van der Waals surface area contributed by atoms with Crippen LogP contribution in [0.2, 0.25) is 0 Å². The minimum atomic E-state index is 0.284. The van der Waals surface area contributed by atoms with Crippen molar-refractivity contribution < 1.29 is 5.11 Å². The highest BCUT2D eigenvalue weighted by atomic mass is 16.2. The second kappa shape index (κ2) is 5.93. The van der Waals surface area contributed by atoms with Crippen LogP contribution < -0.4 is 5.73 Å². The number of aliphatic hydroxyl groups excluding tert-OH is 1. The van der Waals surface area contributed by atoms with Crippen LogP contribution in [-0.2, 0) is 6.54 Å². The standard InChI is InChI=1S/C12H20N4O/c13-12-8-14-10(7-15-12)9-16-5-1-3-11(16)4-2-6-17/h7-8,11,17H,1-6,9H2,(H2,13,15). The lowest BCUT2D eigenvalue weighted by Crippen LogP contribution is -2.29. The maximum atomic E-state index is 8.88. The van der Waals surface area contributed by atoms with Crippen LogP contribution in [0.3, 0.4) is 0 Å². The molecule has 1 unspecified atom stereocenters. The summed E-state index contributed by atoms with van der Waals surface area (Å²) in [5, 5.41) is 8.88. The Hall–Kier alpha value is -1.20. The number of aliphatic hydroxyl groups is 1. The quantitative estimate of drug-likeness (QED) is 0.790. The van der Waals surface area contributed by atoms with Gasteiger partial charge in [-0.25, -0.2) is 4.98 Å². The number of aromatic nitrogens is 2. The molecule has 1 fully saturated rings. The molecular weight excluding hydrogens is 216 g/mol. The van der Waals surface area contributed by atoms with Crippen LogP contribution in [-0.4, -0.2) is 39.2 Å². The SMILES string of the molecule is Nc1cnc(CN2CCCC2CCCO)cn1. The number of nitrogens with zero attached hydrogens (tertiary/aromatic N) is 3. The number of nitrogens with two attached hydrogens (primary N) is 1. The van der Waals surface area contributed by atoms with E-state index in [1.165, 1.54) is 12.8 Å². The molecule has 1 aliphatic heterocycles. The number of hydrogen-bond donors (Lipinski definition) is 2. The Morgan fingerprint density at radius 1 is 1.41 bits per heavy atom. The van der Waals surface area contributed by atoms with Gasteiger partial charge in [-0.05, 0) is 32.2 Å². The summed E-state index contributed by atoms with van der Waals surface area (Å²) in [4.78, 5) is 10.8. The summed E-state index contributed by atoms with van der Waals surface area (Å²) in [5.74, 6) is 0.465. The molecule has 2 rings (SSSR count). The third kappa shape index (κ3) is 3.38. The third-order valence-electron chi connectivity index (χ3n) is 3.28. The first-order chi connectivity index (χ1) is 8.29. The summed E-state index contributed by atoms with van der Waals surface area (Å²) in [6.07, 6.45) is 7.76. The van der Waals surface area contributed by atoms with Gasteiger partial charge in [0.1, 0.15) is 5.82 Å². The largest absolute Gasteiger partial charge is 0.396 e. The van der Waals surface area contributed by atoms with Crippen LogP contribution in [0.25, 0.3) is 0 Å². The average molecular weight is 236 g/mol. The predicted octanol–water partition coefficient (Wildman–Crippen LogP) is 0.796. The van der Waals surface area contributed by atoms with Gasteiger partial charge in [0.2, 0.25) is 0 Å². The van der Waals surface area contributed by atoms with Crippen molar-refractivity contribution in [3.8, 4) is 0 Å². The molecule has 5 heteroatoms. The summed E-state index contributed by atoms with van der Waals surface area (Å²) < 4.78 is 0. The molecule has 0 aliphatic carbocycles. The number of nitrogen functional groups attached to an aromatic ring is 1. The van der Waals surface area contributed by atoms with Crippen LogP contribution in [0.5, 0.6) is 0 Å². The van der Waals surface area contributed by atoms with Crippen LogP contribution in [0.4, 0.5) is 5.82 Å².